The first kappa shape index (κ1) is 16.6. The van der Waals surface area contributed by atoms with Crippen molar-refractivity contribution in [3.05, 3.63) is 59.8 Å². The second-order valence-electron chi connectivity index (χ2n) is 6.23. The predicted molar refractivity (Wildman–Crippen MR) is 96.1 cm³/mol. The molecule has 0 aliphatic carbocycles. The maximum atomic E-state index is 12.1. The van der Waals surface area contributed by atoms with Crippen molar-refractivity contribution in [1.29, 1.82) is 0 Å². The molecule has 124 valence electrons. The summed E-state index contributed by atoms with van der Waals surface area (Å²) in [4.78, 5) is 32.1. The summed E-state index contributed by atoms with van der Waals surface area (Å²) in [5, 5.41) is 1.02. The Bertz CT molecular complexity index is 1030. The van der Waals surface area contributed by atoms with Crippen LogP contribution in [0.3, 0.4) is 0 Å². The molecule has 0 spiro atoms. The van der Waals surface area contributed by atoms with E-state index in [1.54, 1.807) is 35.7 Å². The summed E-state index contributed by atoms with van der Waals surface area (Å²) in [6.07, 6.45) is 6.37. The van der Waals surface area contributed by atoms with E-state index >= 15 is 0 Å². The van der Waals surface area contributed by atoms with Gasteiger partial charge in [-0.25, -0.2) is 4.98 Å². The van der Waals surface area contributed by atoms with E-state index in [-0.39, 0.29) is 22.5 Å². The van der Waals surface area contributed by atoms with Crippen LogP contribution in [-0.2, 0) is 5.41 Å². The number of H-pyrrole nitrogens is 1. The molecule has 0 unspecified atom stereocenters. The molecule has 0 fully saturated rings. The maximum Gasteiger partial charge on any atom is 0.266 e. The lowest BCUT2D eigenvalue weighted by molar-refractivity contribution is 0.103. The van der Waals surface area contributed by atoms with Gasteiger partial charge >= 0.3 is 0 Å². The van der Waals surface area contributed by atoms with Gasteiger partial charge in [0.2, 0.25) is 5.78 Å². The highest BCUT2D eigenvalue weighted by molar-refractivity contribution is 7.13. The summed E-state index contributed by atoms with van der Waals surface area (Å²) >= 11 is 2.79. The van der Waals surface area contributed by atoms with E-state index < -0.39 is 0 Å². The number of furan rings is 1. The SMILES string of the molecule is CC(C)(C)c1ncc(/C=c2\s/c(=C\C(=O)c3ccco3)[nH]c2=O)s1. The Morgan fingerprint density at radius 3 is 2.75 bits per heavy atom. The van der Waals surface area contributed by atoms with Crippen LogP contribution in [0.15, 0.2) is 33.8 Å². The fraction of sp³-hybridized carbons (Fsp3) is 0.235. The molecule has 0 saturated carbocycles. The number of hydrogen-bond donors (Lipinski definition) is 1. The topological polar surface area (TPSA) is 76.0 Å². The van der Waals surface area contributed by atoms with Crippen LogP contribution in [0.25, 0.3) is 12.2 Å². The molecule has 0 aliphatic rings. The third-order valence-electron chi connectivity index (χ3n) is 3.15. The Balaban J connectivity index is 1.96. The molecule has 7 heteroatoms. The number of ketones is 1. The van der Waals surface area contributed by atoms with Crippen molar-refractivity contribution >= 4 is 40.6 Å². The van der Waals surface area contributed by atoms with Gasteiger partial charge in [0.25, 0.3) is 5.56 Å². The second kappa shape index (κ2) is 6.33. The molecule has 3 aromatic rings. The van der Waals surface area contributed by atoms with E-state index in [2.05, 4.69) is 30.7 Å². The molecule has 0 saturated heterocycles. The Hall–Kier alpha value is -2.25. The molecule has 1 N–H and O–H groups in total. The molecule has 3 rings (SSSR count). The molecule has 24 heavy (non-hydrogen) atoms. The molecule has 0 bridgehead atoms. The Kier molecular flexibility index (Phi) is 4.38. The van der Waals surface area contributed by atoms with Crippen LogP contribution in [0.2, 0.25) is 0 Å². The van der Waals surface area contributed by atoms with E-state index in [4.69, 9.17) is 4.42 Å². The van der Waals surface area contributed by atoms with Gasteiger partial charge in [-0.1, -0.05) is 20.8 Å². The lowest BCUT2D eigenvalue weighted by Gasteiger charge is -2.13. The highest BCUT2D eigenvalue weighted by Gasteiger charge is 2.17. The predicted octanol–water partition coefficient (Wildman–Crippen LogP) is 2.28. The van der Waals surface area contributed by atoms with Gasteiger partial charge in [-0.05, 0) is 18.2 Å². The Morgan fingerprint density at radius 1 is 1.33 bits per heavy atom. The standard InChI is InChI=1S/C17H16N2O3S2/c1-17(2,3)16-18-9-10(23-16)7-13-15(21)19-14(24-13)8-11(20)12-5-4-6-22-12/h4-9H,1-3H3,(H,19,21)/b13-7-,14-8-. The van der Waals surface area contributed by atoms with Gasteiger partial charge in [-0.15, -0.1) is 22.7 Å². The first-order valence-corrected chi connectivity index (χ1v) is 8.93. The molecule has 0 radical (unpaired) electrons. The third-order valence-corrected chi connectivity index (χ3v) is 5.48. The van der Waals surface area contributed by atoms with E-state index in [0.29, 0.717) is 9.20 Å². The molecule has 0 atom stereocenters. The Morgan fingerprint density at radius 2 is 2.12 bits per heavy atom. The van der Waals surface area contributed by atoms with Crippen LogP contribution in [-0.4, -0.2) is 15.8 Å². The smallest absolute Gasteiger partial charge is 0.266 e. The van der Waals surface area contributed by atoms with Crippen molar-refractivity contribution in [1.82, 2.24) is 9.97 Å². The number of thiazole rings is 2. The molecular weight excluding hydrogens is 344 g/mol. The van der Waals surface area contributed by atoms with Crippen LogP contribution in [0.4, 0.5) is 0 Å². The van der Waals surface area contributed by atoms with Gasteiger partial charge in [0.15, 0.2) is 5.76 Å². The summed E-state index contributed by atoms with van der Waals surface area (Å²) in [5.74, 6) is -0.0380. The van der Waals surface area contributed by atoms with Crippen LogP contribution in [0.1, 0.15) is 41.2 Å². The van der Waals surface area contributed by atoms with Gasteiger partial charge in [-0.2, -0.15) is 0 Å². The molecular formula is C17H16N2O3S2. The van der Waals surface area contributed by atoms with Crippen LogP contribution >= 0.6 is 22.7 Å². The molecule has 0 aromatic carbocycles. The minimum atomic E-state index is -0.281. The van der Waals surface area contributed by atoms with Crippen molar-refractivity contribution in [2.45, 2.75) is 26.2 Å². The fourth-order valence-corrected chi connectivity index (χ4v) is 3.83. The average Bonchev–Trinajstić information content (AvgIpc) is 3.21. The number of carbonyl (C=O) groups excluding carboxylic acids is 1. The molecule has 3 aromatic heterocycles. The molecule has 5 nitrogen and oxygen atoms in total. The number of hydrogen-bond acceptors (Lipinski definition) is 6. The fourth-order valence-electron chi connectivity index (χ4n) is 1.96. The Labute approximate surface area is 146 Å². The zero-order valence-corrected chi connectivity index (χ0v) is 15.1. The van der Waals surface area contributed by atoms with Crippen molar-refractivity contribution in [3.63, 3.8) is 0 Å². The number of nitrogens with zero attached hydrogens (tertiary/aromatic N) is 1. The normalized spacial score (nSPS) is 13.6. The van der Waals surface area contributed by atoms with E-state index in [1.807, 2.05) is 0 Å². The van der Waals surface area contributed by atoms with Gasteiger partial charge in [-0.3, -0.25) is 9.59 Å². The van der Waals surface area contributed by atoms with Crippen molar-refractivity contribution < 1.29 is 9.21 Å². The third kappa shape index (κ3) is 3.63. The number of carbonyl (C=O) groups is 1. The largest absolute Gasteiger partial charge is 0.461 e. The number of aromatic amines is 1. The second-order valence-corrected chi connectivity index (χ2v) is 8.38. The zero-order chi connectivity index (χ0) is 17.3. The van der Waals surface area contributed by atoms with Crippen molar-refractivity contribution in [2.75, 3.05) is 0 Å². The first-order valence-electron chi connectivity index (χ1n) is 7.30. The van der Waals surface area contributed by atoms with Gasteiger partial charge < -0.3 is 9.40 Å². The zero-order valence-electron chi connectivity index (χ0n) is 13.5. The quantitative estimate of drug-likeness (QED) is 0.727. The van der Waals surface area contributed by atoms with Crippen LogP contribution in [0, 0.1) is 0 Å². The first-order chi connectivity index (χ1) is 11.3. The monoisotopic (exact) mass is 360 g/mol. The highest BCUT2D eigenvalue weighted by atomic mass is 32.1. The average molecular weight is 360 g/mol. The summed E-state index contributed by atoms with van der Waals surface area (Å²) in [6, 6.07) is 3.23. The number of aromatic nitrogens is 2. The van der Waals surface area contributed by atoms with Gasteiger partial charge in [0.05, 0.1) is 20.5 Å². The minimum Gasteiger partial charge on any atom is -0.461 e. The highest BCUT2D eigenvalue weighted by Crippen LogP contribution is 2.26. The number of nitrogens with one attached hydrogen (secondary N) is 1. The van der Waals surface area contributed by atoms with E-state index in [1.165, 1.54) is 23.7 Å². The summed E-state index contributed by atoms with van der Waals surface area (Å²) < 4.78 is 6.09. The van der Waals surface area contributed by atoms with Crippen molar-refractivity contribution in [3.8, 4) is 0 Å². The molecule has 0 aliphatic heterocycles. The summed E-state index contributed by atoms with van der Waals surface area (Å²) in [7, 11) is 0. The van der Waals surface area contributed by atoms with Gasteiger partial charge in [0.1, 0.15) is 0 Å². The lowest BCUT2D eigenvalue weighted by atomic mass is 9.98. The van der Waals surface area contributed by atoms with Gasteiger partial charge in [0, 0.05) is 22.6 Å². The van der Waals surface area contributed by atoms with Crippen LogP contribution in [0.5, 0.6) is 0 Å². The van der Waals surface area contributed by atoms with Crippen LogP contribution < -0.4 is 14.8 Å². The van der Waals surface area contributed by atoms with Crippen molar-refractivity contribution in [2.24, 2.45) is 0 Å². The molecule has 3 heterocycles. The number of Topliss-reactive ketones (excluding diaryl/α,β-unsaturated/α-hetero) is 1. The summed E-state index contributed by atoms with van der Waals surface area (Å²) in [5.41, 5.74) is -0.239. The summed E-state index contributed by atoms with van der Waals surface area (Å²) in [6.45, 7) is 6.29. The molecule has 0 amide bonds. The maximum absolute atomic E-state index is 12.1. The van der Waals surface area contributed by atoms with E-state index in [0.717, 1.165) is 9.88 Å². The minimum absolute atomic E-state index is 0.0208. The lowest BCUT2D eigenvalue weighted by Crippen LogP contribution is -2.19. The van der Waals surface area contributed by atoms with E-state index in [9.17, 15) is 9.59 Å². The number of rotatable bonds is 3.